The fourth-order valence-corrected chi connectivity index (χ4v) is 2.79. The molecule has 7 nitrogen and oxygen atoms in total. The number of hydrogen-bond acceptors (Lipinski definition) is 6. The Kier molecular flexibility index (Phi) is 5.92. The number of piperidine rings is 1. The van der Waals surface area contributed by atoms with Gasteiger partial charge in [0.2, 0.25) is 5.91 Å². The van der Waals surface area contributed by atoms with Crippen molar-refractivity contribution in [2.75, 3.05) is 26.1 Å². The molecule has 1 saturated heterocycles. The summed E-state index contributed by atoms with van der Waals surface area (Å²) in [6.07, 6.45) is 1.49. The quantitative estimate of drug-likeness (QED) is 0.812. The molecule has 1 heterocycles. The van der Waals surface area contributed by atoms with Gasteiger partial charge in [-0.15, -0.1) is 0 Å². The molecular formula is C17H22N2O5. The van der Waals surface area contributed by atoms with Crippen molar-refractivity contribution in [2.24, 2.45) is 5.92 Å². The normalized spacial score (nSPS) is 20.1. The molecular weight excluding hydrogens is 312 g/mol. The van der Waals surface area contributed by atoms with Crippen molar-refractivity contribution in [3.63, 3.8) is 0 Å². The molecule has 0 unspecified atom stereocenters. The Morgan fingerprint density at radius 3 is 2.17 bits per heavy atom. The Labute approximate surface area is 140 Å². The fourth-order valence-electron chi connectivity index (χ4n) is 2.79. The highest BCUT2D eigenvalue weighted by atomic mass is 16.5. The summed E-state index contributed by atoms with van der Waals surface area (Å²) >= 11 is 0. The maximum Gasteiger partial charge on any atom is 0.337 e. The number of ether oxygens (including phenoxy) is 2. The lowest BCUT2D eigenvalue weighted by Crippen LogP contribution is -2.40. The van der Waals surface area contributed by atoms with E-state index in [2.05, 4.69) is 20.1 Å². The van der Waals surface area contributed by atoms with Crippen LogP contribution in [0.25, 0.3) is 0 Å². The lowest BCUT2D eigenvalue weighted by atomic mass is 9.92. The van der Waals surface area contributed by atoms with Gasteiger partial charge in [0.1, 0.15) is 0 Å². The predicted octanol–water partition coefficient (Wildman–Crippen LogP) is 1.59. The highest BCUT2D eigenvalue weighted by molar-refractivity contribution is 5.99. The Bertz CT molecular complexity index is 610. The summed E-state index contributed by atoms with van der Waals surface area (Å²) in [4.78, 5) is 36.0. The molecule has 1 aromatic rings. The van der Waals surface area contributed by atoms with E-state index in [4.69, 9.17) is 0 Å². The van der Waals surface area contributed by atoms with E-state index in [-0.39, 0.29) is 29.0 Å². The van der Waals surface area contributed by atoms with Gasteiger partial charge in [0.15, 0.2) is 0 Å². The summed E-state index contributed by atoms with van der Waals surface area (Å²) in [7, 11) is 2.50. The smallest absolute Gasteiger partial charge is 0.337 e. The van der Waals surface area contributed by atoms with Crippen LogP contribution in [-0.2, 0) is 14.3 Å². The molecule has 2 atom stereocenters. The number of anilines is 1. The predicted molar refractivity (Wildman–Crippen MR) is 87.9 cm³/mol. The van der Waals surface area contributed by atoms with E-state index in [1.54, 1.807) is 0 Å². The summed E-state index contributed by atoms with van der Waals surface area (Å²) in [5, 5.41) is 6.08. The summed E-state index contributed by atoms with van der Waals surface area (Å²) in [6.45, 7) is 2.82. The highest BCUT2D eigenvalue weighted by Gasteiger charge is 2.25. The number of methoxy groups -OCH3 is 2. The molecule has 1 aromatic carbocycles. The van der Waals surface area contributed by atoms with Crippen LogP contribution in [0.4, 0.5) is 5.69 Å². The van der Waals surface area contributed by atoms with E-state index in [0.717, 1.165) is 19.4 Å². The van der Waals surface area contributed by atoms with Crippen LogP contribution < -0.4 is 10.6 Å². The minimum atomic E-state index is -0.591. The summed E-state index contributed by atoms with van der Waals surface area (Å²) < 4.78 is 9.37. The SMILES string of the molecule is COC(=O)c1cc(NC(=O)[C@H]2CCN[C@@H](C)C2)cc(C(=O)OC)c1. The van der Waals surface area contributed by atoms with Crippen LogP contribution in [0, 0.1) is 5.92 Å². The first kappa shape index (κ1) is 17.9. The second-order valence-corrected chi connectivity index (χ2v) is 5.85. The first-order valence-corrected chi connectivity index (χ1v) is 7.80. The standard InChI is InChI=1S/C17H22N2O5/c1-10-6-11(4-5-18-10)15(20)19-14-8-12(16(21)23-2)7-13(9-14)17(22)24-3/h7-11,18H,4-6H2,1-3H3,(H,19,20)/t10-,11-/m0/s1. The largest absolute Gasteiger partial charge is 0.465 e. The summed E-state index contributed by atoms with van der Waals surface area (Å²) in [5.41, 5.74) is 0.721. The third-order valence-corrected chi connectivity index (χ3v) is 4.04. The molecule has 0 aliphatic carbocycles. The van der Waals surface area contributed by atoms with Gasteiger partial charge in [-0.1, -0.05) is 0 Å². The molecule has 1 fully saturated rings. The van der Waals surface area contributed by atoms with Gasteiger partial charge >= 0.3 is 11.9 Å². The molecule has 130 valence electrons. The van der Waals surface area contributed by atoms with Gasteiger partial charge in [-0.05, 0) is 44.5 Å². The molecule has 1 aliphatic heterocycles. The lowest BCUT2D eigenvalue weighted by Gasteiger charge is -2.27. The van der Waals surface area contributed by atoms with Crippen LogP contribution in [0.1, 0.15) is 40.5 Å². The summed E-state index contributed by atoms with van der Waals surface area (Å²) in [6, 6.07) is 4.63. The Morgan fingerprint density at radius 1 is 1.08 bits per heavy atom. The Balaban J connectivity index is 2.23. The van der Waals surface area contributed by atoms with Crippen molar-refractivity contribution in [2.45, 2.75) is 25.8 Å². The maximum absolute atomic E-state index is 12.4. The number of hydrogen-bond donors (Lipinski definition) is 2. The van der Waals surface area contributed by atoms with Gasteiger partial charge < -0.3 is 20.1 Å². The molecule has 0 bridgehead atoms. The molecule has 0 radical (unpaired) electrons. The molecule has 0 saturated carbocycles. The Hall–Kier alpha value is -2.41. The molecule has 1 aliphatic rings. The summed E-state index contributed by atoms with van der Waals surface area (Å²) in [5.74, 6) is -1.41. The van der Waals surface area contributed by atoms with Crippen LogP contribution >= 0.6 is 0 Å². The average Bonchev–Trinajstić information content (AvgIpc) is 2.59. The number of esters is 2. The minimum absolute atomic E-state index is 0.107. The second kappa shape index (κ2) is 7.92. The van der Waals surface area contributed by atoms with Crippen molar-refractivity contribution >= 4 is 23.5 Å². The number of rotatable bonds is 4. The number of amides is 1. The lowest BCUT2D eigenvalue weighted by molar-refractivity contribution is -0.120. The fraction of sp³-hybridized carbons (Fsp3) is 0.471. The molecule has 0 spiro atoms. The van der Waals surface area contributed by atoms with Crippen LogP contribution in [0.5, 0.6) is 0 Å². The first-order valence-electron chi connectivity index (χ1n) is 7.80. The van der Waals surface area contributed by atoms with Gasteiger partial charge in [-0.3, -0.25) is 4.79 Å². The van der Waals surface area contributed by atoms with Crippen LogP contribution in [0.15, 0.2) is 18.2 Å². The number of carbonyl (C=O) groups excluding carboxylic acids is 3. The van der Waals surface area contributed by atoms with E-state index in [9.17, 15) is 14.4 Å². The first-order chi connectivity index (χ1) is 11.4. The van der Waals surface area contributed by atoms with Gasteiger partial charge in [-0.25, -0.2) is 9.59 Å². The Morgan fingerprint density at radius 2 is 1.67 bits per heavy atom. The molecule has 2 N–H and O–H groups in total. The van der Waals surface area contributed by atoms with Crippen molar-refractivity contribution in [3.05, 3.63) is 29.3 Å². The van der Waals surface area contributed by atoms with Crippen LogP contribution in [0.2, 0.25) is 0 Å². The monoisotopic (exact) mass is 334 g/mol. The van der Waals surface area contributed by atoms with Crippen molar-refractivity contribution in [3.8, 4) is 0 Å². The van der Waals surface area contributed by atoms with Crippen LogP contribution in [0.3, 0.4) is 0 Å². The molecule has 7 heteroatoms. The minimum Gasteiger partial charge on any atom is -0.465 e. The number of nitrogens with one attached hydrogen (secondary N) is 2. The third-order valence-electron chi connectivity index (χ3n) is 4.04. The van der Waals surface area contributed by atoms with E-state index in [1.807, 2.05) is 6.92 Å². The van der Waals surface area contributed by atoms with Crippen LogP contribution in [-0.4, -0.2) is 44.7 Å². The molecule has 24 heavy (non-hydrogen) atoms. The van der Waals surface area contributed by atoms with Gasteiger partial charge in [0.05, 0.1) is 25.3 Å². The zero-order valence-corrected chi connectivity index (χ0v) is 14.0. The van der Waals surface area contributed by atoms with Crippen molar-refractivity contribution < 1.29 is 23.9 Å². The van der Waals surface area contributed by atoms with Crippen molar-refractivity contribution in [1.29, 1.82) is 0 Å². The van der Waals surface area contributed by atoms with E-state index >= 15 is 0 Å². The van der Waals surface area contributed by atoms with Crippen molar-refractivity contribution in [1.82, 2.24) is 5.32 Å². The number of carbonyl (C=O) groups is 3. The average molecular weight is 334 g/mol. The highest BCUT2D eigenvalue weighted by Crippen LogP contribution is 2.21. The van der Waals surface area contributed by atoms with E-state index in [1.165, 1.54) is 32.4 Å². The van der Waals surface area contributed by atoms with Gasteiger partial charge in [0.25, 0.3) is 0 Å². The molecule has 2 rings (SSSR count). The van der Waals surface area contributed by atoms with Gasteiger partial charge in [0, 0.05) is 17.6 Å². The third kappa shape index (κ3) is 4.32. The second-order valence-electron chi connectivity index (χ2n) is 5.85. The van der Waals surface area contributed by atoms with Gasteiger partial charge in [-0.2, -0.15) is 0 Å². The topological polar surface area (TPSA) is 93.7 Å². The van der Waals surface area contributed by atoms with E-state index in [0.29, 0.717) is 5.69 Å². The zero-order valence-electron chi connectivity index (χ0n) is 14.0. The zero-order chi connectivity index (χ0) is 17.7. The number of benzene rings is 1. The van der Waals surface area contributed by atoms with E-state index < -0.39 is 11.9 Å². The maximum atomic E-state index is 12.4. The molecule has 1 amide bonds. The molecule has 0 aromatic heterocycles.